The number of anilines is 1. The summed E-state index contributed by atoms with van der Waals surface area (Å²) in [6.07, 6.45) is 0. The van der Waals surface area contributed by atoms with Gasteiger partial charge >= 0.3 is 0 Å². The molecule has 0 aromatic heterocycles. The van der Waals surface area contributed by atoms with Gasteiger partial charge in [0, 0.05) is 14.1 Å². The third kappa shape index (κ3) is 3.11. The number of rotatable bonds is 3. The molecule has 1 unspecified atom stereocenters. The van der Waals surface area contributed by atoms with Crippen molar-refractivity contribution in [2.45, 2.75) is 13.0 Å². The minimum atomic E-state index is -0.407. The quantitative estimate of drug-likeness (QED) is 0.895. The van der Waals surface area contributed by atoms with Crippen LogP contribution in [0.2, 0.25) is 5.02 Å². The zero-order valence-corrected chi connectivity index (χ0v) is 10.7. The number of likely N-dealkylation sites (N-methyl/N-ethyl adjacent to an activating group) is 1. The van der Waals surface area contributed by atoms with Gasteiger partial charge in [-0.05, 0) is 19.1 Å². The number of carbonyl (C=O) groups is 1. The van der Waals surface area contributed by atoms with Crippen LogP contribution in [0.3, 0.4) is 0 Å². The molecule has 0 saturated carbocycles. The van der Waals surface area contributed by atoms with Crippen LogP contribution in [0.25, 0.3) is 0 Å². The summed E-state index contributed by atoms with van der Waals surface area (Å²) in [5.74, 6) is -0.0612. The summed E-state index contributed by atoms with van der Waals surface area (Å²) in [5.41, 5.74) is 0.926. The highest BCUT2D eigenvalue weighted by atomic mass is 35.5. The molecule has 0 spiro atoms. The maximum atomic E-state index is 11.7. The molecule has 0 radical (unpaired) electrons. The van der Waals surface area contributed by atoms with Gasteiger partial charge in [0.25, 0.3) is 0 Å². The van der Waals surface area contributed by atoms with Crippen LogP contribution in [0.5, 0.6) is 0 Å². The van der Waals surface area contributed by atoms with Crippen molar-refractivity contribution in [1.82, 2.24) is 4.90 Å². The number of benzene rings is 1. The van der Waals surface area contributed by atoms with Gasteiger partial charge < -0.3 is 10.2 Å². The molecule has 1 rings (SSSR count). The molecule has 1 atom stereocenters. The molecule has 90 valence electrons. The average molecular weight is 252 g/mol. The number of nitrogens with zero attached hydrogens (tertiary/aromatic N) is 2. The number of amides is 1. The fraction of sp³-hybridized carbons (Fsp3) is 0.333. The number of nitrogens with one attached hydrogen (secondary N) is 1. The second kappa shape index (κ2) is 5.55. The fourth-order valence-corrected chi connectivity index (χ4v) is 1.66. The molecule has 1 amide bonds. The number of hydrogen-bond donors (Lipinski definition) is 1. The summed E-state index contributed by atoms with van der Waals surface area (Å²) in [5, 5.41) is 12.4. The molecule has 0 heterocycles. The van der Waals surface area contributed by atoms with Crippen LogP contribution >= 0.6 is 11.6 Å². The summed E-state index contributed by atoms with van der Waals surface area (Å²) < 4.78 is 0. The Labute approximate surface area is 106 Å². The van der Waals surface area contributed by atoms with Crippen LogP contribution in [0.1, 0.15) is 12.5 Å². The highest BCUT2D eigenvalue weighted by Gasteiger charge is 2.16. The zero-order valence-electron chi connectivity index (χ0n) is 9.99. The summed E-state index contributed by atoms with van der Waals surface area (Å²) in [6.45, 7) is 1.74. The van der Waals surface area contributed by atoms with Gasteiger partial charge in [0.05, 0.1) is 16.3 Å². The van der Waals surface area contributed by atoms with Crippen LogP contribution in [0, 0.1) is 11.3 Å². The van der Waals surface area contributed by atoms with Crippen molar-refractivity contribution in [1.29, 1.82) is 5.26 Å². The highest BCUT2D eigenvalue weighted by Crippen LogP contribution is 2.23. The SMILES string of the molecule is CC(Nc1cccc(Cl)c1C#N)C(=O)N(C)C. The average Bonchev–Trinajstić information content (AvgIpc) is 2.28. The van der Waals surface area contributed by atoms with E-state index < -0.39 is 6.04 Å². The minimum absolute atomic E-state index is 0.0612. The summed E-state index contributed by atoms with van der Waals surface area (Å²) >= 11 is 5.90. The standard InChI is InChI=1S/C12H14ClN3O/c1-8(12(17)16(2)3)15-11-6-4-5-10(13)9(11)7-14/h4-6,8,15H,1-3H3. The summed E-state index contributed by atoms with van der Waals surface area (Å²) in [4.78, 5) is 13.2. The molecule has 5 heteroatoms. The Balaban J connectivity index is 2.93. The van der Waals surface area contributed by atoms with Crippen molar-refractivity contribution in [2.75, 3.05) is 19.4 Å². The van der Waals surface area contributed by atoms with Crippen LogP contribution in [-0.2, 0) is 4.79 Å². The number of carbonyl (C=O) groups excluding carboxylic acids is 1. The predicted octanol–water partition coefficient (Wildman–Crippen LogP) is 2.10. The Bertz CT molecular complexity index is 465. The summed E-state index contributed by atoms with van der Waals surface area (Å²) in [7, 11) is 3.37. The Morgan fingerprint density at radius 2 is 2.18 bits per heavy atom. The van der Waals surface area contributed by atoms with Gasteiger partial charge in [0.2, 0.25) is 5.91 Å². The van der Waals surface area contributed by atoms with E-state index in [1.165, 1.54) is 4.90 Å². The maximum absolute atomic E-state index is 11.7. The Morgan fingerprint density at radius 1 is 1.53 bits per heavy atom. The molecule has 4 nitrogen and oxygen atoms in total. The van der Waals surface area contributed by atoms with Crippen molar-refractivity contribution in [3.8, 4) is 6.07 Å². The molecule has 0 saturated heterocycles. The van der Waals surface area contributed by atoms with Crippen molar-refractivity contribution in [2.24, 2.45) is 0 Å². The van der Waals surface area contributed by atoms with E-state index in [0.717, 1.165) is 0 Å². The van der Waals surface area contributed by atoms with Gasteiger partial charge in [-0.1, -0.05) is 17.7 Å². The number of hydrogen-bond acceptors (Lipinski definition) is 3. The lowest BCUT2D eigenvalue weighted by Gasteiger charge is -2.19. The number of halogens is 1. The Morgan fingerprint density at radius 3 is 2.71 bits per heavy atom. The molecular weight excluding hydrogens is 238 g/mol. The van der Waals surface area contributed by atoms with Crippen LogP contribution in [0.4, 0.5) is 5.69 Å². The van der Waals surface area contributed by atoms with Gasteiger partial charge in [0.1, 0.15) is 12.1 Å². The van der Waals surface area contributed by atoms with E-state index in [4.69, 9.17) is 16.9 Å². The normalized spacial score (nSPS) is 11.5. The van der Waals surface area contributed by atoms with Gasteiger partial charge in [-0.25, -0.2) is 0 Å². The second-order valence-corrected chi connectivity index (χ2v) is 4.28. The fourth-order valence-electron chi connectivity index (χ4n) is 1.44. The lowest BCUT2D eigenvalue weighted by atomic mass is 10.1. The molecule has 0 bridgehead atoms. The first kappa shape index (κ1) is 13.3. The maximum Gasteiger partial charge on any atom is 0.244 e. The van der Waals surface area contributed by atoms with E-state index in [2.05, 4.69) is 5.32 Å². The first-order valence-electron chi connectivity index (χ1n) is 5.13. The van der Waals surface area contributed by atoms with E-state index in [0.29, 0.717) is 16.3 Å². The van der Waals surface area contributed by atoms with Gasteiger partial charge in [-0.2, -0.15) is 5.26 Å². The Kier molecular flexibility index (Phi) is 4.36. The third-order valence-corrected chi connectivity index (χ3v) is 2.62. The van der Waals surface area contributed by atoms with E-state index in [1.807, 2.05) is 6.07 Å². The van der Waals surface area contributed by atoms with E-state index in [9.17, 15) is 4.79 Å². The molecule has 0 aliphatic heterocycles. The van der Waals surface area contributed by atoms with Crippen molar-refractivity contribution in [3.63, 3.8) is 0 Å². The summed E-state index contributed by atoms with van der Waals surface area (Å²) in [6, 6.07) is 6.71. The van der Waals surface area contributed by atoms with Crippen LogP contribution in [-0.4, -0.2) is 30.9 Å². The second-order valence-electron chi connectivity index (χ2n) is 3.87. The largest absolute Gasteiger partial charge is 0.373 e. The molecular formula is C12H14ClN3O. The number of nitriles is 1. The van der Waals surface area contributed by atoms with Crippen molar-refractivity contribution < 1.29 is 4.79 Å². The van der Waals surface area contributed by atoms with Crippen LogP contribution in [0.15, 0.2) is 18.2 Å². The van der Waals surface area contributed by atoms with E-state index >= 15 is 0 Å². The topological polar surface area (TPSA) is 56.1 Å². The van der Waals surface area contributed by atoms with Crippen molar-refractivity contribution in [3.05, 3.63) is 28.8 Å². The molecule has 0 aliphatic carbocycles. The monoisotopic (exact) mass is 251 g/mol. The lowest BCUT2D eigenvalue weighted by Crippen LogP contribution is -2.36. The van der Waals surface area contributed by atoms with Crippen molar-refractivity contribution >= 4 is 23.2 Å². The third-order valence-electron chi connectivity index (χ3n) is 2.31. The lowest BCUT2D eigenvalue weighted by molar-refractivity contribution is -0.129. The van der Waals surface area contributed by atoms with Gasteiger partial charge in [-0.15, -0.1) is 0 Å². The van der Waals surface area contributed by atoms with Gasteiger partial charge in [-0.3, -0.25) is 4.79 Å². The molecule has 17 heavy (non-hydrogen) atoms. The highest BCUT2D eigenvalue weighted by molar-refractivity contribution is 6.32. The molecule has 1 aromatic carbocycles. The molecule has 0 fully saturated rings. The molecule has 1 aromatic rings. The van der Waals surface area contributed by atoms with E-state index in [-0.39, 0.29) is 5.91 Å². The minimum Gasteiger partial charge on any atom is -0.373 e. The first-order valence-corrected chi connectivity index (χ1v) is 5.51. The molecule has 0 aliphatic rings. The van der Waals surface area contributed by atoms with Crippen LogP contribution < -0.4 is 5.32 Å². The van der Waals surface area contributed by atoms with E-state index in [1.54, 1.807) is 39.2 Å². The predicted molar refractivity (Wildman–Crippen MR) is 67.9 cm³/mol. The Hall–Kier alpha value is -1.73. The zero-order chi connectivity index (χ0) is 13.0. The first-order chi connectivity index (χ1) is 7.97. The van der Waals surface area contributed by atoms with Gasteiger partial charge in [0.15, 0.2) is 0 Å². The molecule has 1 N–H and O–H groups in total. The smallest absolute Gasteiger partial charge is 0.244 e.